The molecule has 76 heavy (non-hydrogen) atoms. The van der Waals surface area contributed by atoms with Gasteiger partial charge in [0.15, 0.2) is 5.96 Å². The maximum absolute atomic E-state index is 14.5. The Balaban J connectivity index is 1.80. The predicted molar refractivity (Wildman–Crippen MR) is 281 cm³/mol. The molecule has 18 N–H and O–H groups in total. The minimum Gasteiger partial charge on any atom is -0.394 e. The minimum atomic E-state index is -1.63. The maximum Gasteiger partial charge on any atom is 0.245 e. The van der Waals surface area contributed by atoms with E-state index in [-0.39, 0.29) is 75.8 Å². The van der Waals surface area contributed by atoms with E-state index in [0.29, 0.717) is 12.0 Å². The second-order valence-electron chi connectivity index (χ2n) is 19.7. The van der Waals surface area contributed by atoms with Gasteiger partial charge in [0.2, 0.25) is 59.1 Å². The topological polar surface area (TPSA) is 421 Å². The van der Waals surface area contributed by atoms with Crippen molar-refractivity contribution in [3.05, 3.63) is 71.8 Å². The number of rotatable bonds is 31. The molecule has 0 aliphatic carbocycles. The standard InChI is InChI=1S/C51H78N14O11/c1-28(2)22-36(47(73)59-34(18-12-20-57-51(55)56)45(71)60-35(42(54)68)24-31-14-8-6-9-15-31)63-49(75)40-19-13-21-65(40)50(76)39(23-29(3)4)64-48(74)38(26-41(53)67)61-43(69)30(5)58-46(72)37(62-44(70)33(52)27-66)25-32-16-10-7-11-17-32/h6-11,14-17,28-30,33-40,66H,12-13,18-27,52H2,1-5H3,(H2,53,67)(H2,54,68)(H,58,72)(H,59,73)(H,60,71)(H,61,69)(H,62,70)(H,63,75)(H,64,74)(H4,55,56,57)/t30-,33-,34-,35-,36-,37-,38-,39-,40-/m0/s1. The lowest BCUT2D eigenvalue weighted by Gasteiger charge is -2.32. The van der Waals surface area contributed by atoms with E-state index in [0.717, 1.165) is 5.56 Å². The van der Waals surface area contributed by atoms with Crippen molar-refractivity contribution < 1.29 is 53.1 Å². The molecule has 10 amide bonds. The Morgan fingerprint density at radius 3 is 1.63 bits per heavy atom. The van der Waals surface area contributed by atoms with Crippen LogP contribution in [-0.4, -0.2) is 149 Å². The number of aliphatic imine (C=N–C) groups is 1. The van der Waals surface area contributed by atoms with Gasteiger partial charge in [0, 0.05) is 25.9 Å². The van der Waals surface area contributed by atoms with Gasteiger partial charge in [0.1, 0.15) is 54.4 Å². The molecule has 1 heterocycles. The number of carbonyl (C=O) groups is 10. The van der Waals surface area contributed by atoms with Crippen LogP contribution in [0.2, 0.25) is 0 Å². The summed E-state index contributed by atoms with van der Waals surface area (Å²) in [6.45, 7) is 8.05. The largest absolute Gasteiger partial charge is 0.394 e. The van der Waals surface area contributed by atoms with Crippen LogP contribution in [0, 0.1) is 11.8 Å². The highest BCUT2D eigenvalue weighted by Gasteiger charge is 2.41. The van der Waals surface area contributed by atoms with Gasteiger partial charge < -0.3 is 75.9 Å². The highest BCUT2D eigenvalue weighted by molar-refractivity contribution is 5.99. The molecule has 2 aromatic carbocycles. The summed E-state index contributed by atoms with van der Waals surface area (Å²) in [6, 6.07) is 5.98. The number of benzene rings is 2. The van der Waals surface area contributed by atoms with E-state index in [1.807, 2.05) is 13.8 Å². The van der Waals surface area contributed by atoms with E-state index in [2.05, 4.69) is 42.2 Å². The van der Waals surface area contributed by atoms with E-state index in [9.17, 15) is 53.1 Å². The number of hydrogen-bond acceptors (Lipinski definition) is 13. The molecule has 0 saturated carbocycles. The van der Waals surface area contributed by atoms with Crippen molar-refractivity contribution in [1.29, 1.82) is 0 Å². The van der Waals surface area contributed by atoms with Crippen molar-refractivity contribution in [3.63, 3.8) is 0 Å². The summed E-state index contributed by atoms with van der Waals surface area (Å²) >= 11 is 0. The quantitative estimate of drug-likeness (QED) is 0.0200. The molecule has 0 radical (unpaired) electrons. The summed E-state index contributed by atoms with van der Waals surface area (Å²) in [7, 11) is 0. The van der Waals surface area contributed by atoms with Gasteiger partial charge in [-0.15, -0.1) is 0 Å². The average Bonchev–Trinajstić information content (AvgIpc) is 3.86. The molecule has 2 aromatic rings. The van der Waals surface area contributed by atoms with Gasteiger partial charge in [-0.3, -0.25) is 52.9 Å². The van der Waals surface area contributed by atoms with Crippen LogP contribution in [0.3, 0.4) is 0 Å². The summed E-state index contributed by atoms with van der Waals surface area (Å²) in [5, 5.41) is 27.5. The minimum absolute atomic E-state index is 0.0161. The Hall–Kier alpha value is -7.67. The van der Waals surface area contributed by atoms with Gasteiger partial charge in [0.05, 0.1) is 13.0 Å². The van der Waals surface area contributed by atoms with Crippen molar-refractivity contribution in [2.75, 3.05) is 19.7 Å². The molecule has 418 valence electrons. The molecule has 25 heteroatoms. The summed E-state index contributed by atoms with van der Waals surface area (Å²) in [4.78, 5) is 140. The number of amides is 10. The first kappa shape index (κ1) is 62.6. The molecule has 0 unspecified atom stereocenters. The number of guanidine groups is 1. The van der Waals surface area contributed by atoms with Crippen molar-refractivity contribution in [3.8, 4) is 0 Å². The summed E-state index contributed by atoms with van der Waals surface area (Å²) < 4.78 is 0. The van der Waals surface area contributed by atoms with Crippen molar-refractivity contribution in [2.45, 2.75) is 147 Å². The first-order valence-electron chi connectivity index (χ1n) is 25.4. The van der Waals surface area contributed by atoms with Crippen molar-refractivity contribution in [2.24, 2.45) is 45.5 Å². The third-order valence-electron chi connectivity index (χ3n) is 12.3. The smallest absolute Gasteiger partial charge is 0.245 e. The molecule has 0 spiro atoms. The van der Waals surface area contributed by atoms with Gasteiger partial charge in [0.25, 0.3) is 0 Å². The molecular weight excluding hydrogens is 985 g/mol. The molecular formula is C51H78N14O11. The lowest BCUT2D eigenvalue weighted by Crippen LogP contribution is -2.60. The van der Waals surface area contributed by atoms with Crippen molar-refractivity contribution >= 4 is 65.0 Å². The molecule has 9 atom stereocenters. The summed E-state index contributed by atoms with van der Waals surface area (Å²) in [6.07, 6.45) is 0.358. The number of nitrogens with two attached hydrogens (primary N) is 5. The third kappa shape index (κ3) is 21.3. The van der Waals surface area contributed by atoms with E-state index < -0.39 is 126 Å². The lowest BCUT2D eigenvalue weighted by atomic mass is 10.00. The normalized spacial score (nSPS) is 16.3. The van der Waals surface area contributed by atoms with Gasteiger partial charge in [-0.1, -0.05) is 88.4 Å². The zero-order valence-corrected chi connectivity index (χ0v) is 43.9. The van der Waals surface area contributed by atoms with E-state index in [1.165, 1.54) is 11.8 Å². The van der Waals surface area contributed by atoms with Crippen LogP contribution in [0.5, 0.6) is 0 Å². The third-order valence-corrected chi connectivity index (χ3v) is 12.3. The molecule has 1 aliphatic rings. The van der Waals surface area contributed by atoms with Crippen LogP contribution in [0.4, 0.5) is 0 Å². The van der Waals surface area contributed by atoms with Crippen LogP contribution in [0.25, 0.3) is 0 Å². The fraction of sp³-hybridized carbons (Fsp3) is 0.549. The Morgan fingerprint density at radius 2 is 1.09 bits per heavy atom. The fourth-order valence-electron chi connectivity index (χ4n) is 8.34. The first-order valence-corrected chi connectivity index (χ1v) is 25.4. The fourth-order valence-corrected chi connectivity index (χ4v) is 8.34. The van der Waals surface area contributed by atoms with Crippen LogP contribution in [0.15, 0.2) is 65.7 Å². The summed E-state index contributed by atoms with van der Waals surface area (Å²) in [5.41, 5.74) is 29.2. The van der Waals surface area contributed by atoms with E-state index >= 15 is 0 Å². The monoisotopic (exact) mass is 1060 g/mol. The van der Waals surface area contributed by atoms with Crippen LogP contribution in [-0.2, 0) is 60.8 Å². The van der Waals surface area contributed by atoms with Crippen molar-refractivity contribution in [1.82, 2.24) is 42.1 Å². The van der Waals surface area contributed by atoms with Crippen LogP contribution in [0.1, 0.15) is 90.7 Å². The Bertz CT molecular complexity index is 2330. The number of aliphatic hydroxyl groups excluding tert-OH is 1. The molecule has 0 aromatic heterocycles. The zero-order valence-electron chi connectivity index (χ0n) is 43.9. The Labute approximate surface area is 442 Å². The number of carbonyl (C=O) groups excluding carboxylic acids is 10. The lowest BCUT2D eigenvalue weighted by molar-refractivity contribution is -0.143. The van der Waals surface area contributed by atoms with E-state index in [4.69, 9.17) is 28.7 Å². The van der Waals surface area contributed by atoms with E-state index in [1.54, 1.807) is 74.5 Å². The number of nitrogens with zero attached hydrogens (tertiary/aromatic N) is 2. The molecule has 0 bridgehead atoms. The number of nitrogens with one attached hydrogen (secondary N) is 7. The van der Waals surface area contributed by atoms with Gasteiger partial charge in [-0.25, -0.2) is 0 Å². The van der Waals surface area contributed by atoms with Gasteiger partial charge in [-0.2, -0.15) is 0 Å². The number of likely N-dealkylation sites (tertiary alicyclic amines) is 1. The van der Waals surface area contributed by atoms with Gasteiger partial charge in [-0.05, 0) is 68.4 Å². The number of primary amides is 2. The zero-order chi connectivity index (χ0) is 56.6. The van der Waals surface area contributed by atoms with Crippen LogP contribution < -0.4 is 65.9 Å². The molecule has 25 nitrogen and oxygen atoms in total. The SMILES string of the molecule is CC(C)C[C@H](NC(=O)[C@@H]1CCCN1C(=O)[C@H](CC(C)C)NC(=O)[C@H](CC(N)=O)NC(=O)[C@H](C)NC(=O)[C@H](Cc1ccccc1)NC(=O)[C@@H](N)CO)C(=O)N[C@@H](CCCN=C(N)N)C(=O)N[C@@H](Cc1ccccc1)C(N)=O. The first-order chi connectivity index (χ1) is 35.9. The highest BCUT2D eigenvalue weighted by atomic mass is 16.3. The van der Waals surface area contributed by atoms with Crippen LogP contribution >= 0.6 is 0 Å². The van der Waals surface area contributed by atoms with Gasteiger partial charge >= 0.3 is 0 Å². The predicted octanol–water partition coefficient (Wildman–Crippen LogP) is -3.30. The molecule has 1 aliphatic heterocycles. The average molecular weight is 1060 g/mol. The second kappa shape index (κ2) is 31.3. The highest BCUT2D eigenvalue weighted by Crippen LogP contribution is 2.22. The summed E-state index contributed by atoms with van der Waals surface area (Å²) in [5.74, 6) is -8.61. The molecule has 1 saturated heterocycles. The molecule has 1 fully saturated rings. The maximum atomic E-state index is 14.5. The molecule has 3 rings (SSSR count). The Morgan fingerprint density at radius 1 is 0.605 bits per heavy atom. The Kier molecular flexibility index (Phi) is 25.8. The second-order valence-corrected chi connectivity index (χ2v) is 19.7. The number of aliphatic hydroxyl groups is 1. The number of hydrogen-bond donors (Lipinski definition) is 13.